The number of aromatic nitrogens is 2. The first-order valence-corrected chi connectivity index (χ1v) is 10.9. The van der Waals surface area contributed by atoms with Crippen molar-refractivity contribution in [1.29, 1.82) is 0 Å². The number of methoxy groups -OCH3 is 3. The number of hydrogen-bond donors (Lipinski definition) is 1. The minimum atomic E-state index is -0.210. The maximum Gasteiger partial charge on any atom is 0.270 e. The van der Waals surface area contributed by atoms with Crippen LogP contribution in [0, 0.1) is 0 Å². The van der Waals surface area contributed by atoms with Crippen LogP contribution in [0.5, 0.6) is 17.2 Å². The molecule has 0 aliphatic rings. The van der Waals surface area contributed by atoms with Gasteiger partial charge in [-0.2, -0.15) is 5.10 Å². The van der Waals surface area contributed by atoms with E-state index in [9.17, 15) is 4.79 Å². The molecule has 1 amide bonds. The first-order chi connectivity index (χ1) is 16.6. The number of ether oxygens (including phenoxy) is 3. The molecule has 34 heavy (non-hydrogen) atoms. The maximum absolute atomic E-state index is 13.2. The lowest BCUT2D eigenvalue weighted by Gasteiger charge is -2.09. The molecule has 1 aromatic heterocycles. The Kier molecular flexibility index (Phi) is 7.13. The summed E-state index contributed by atoms with van der Waals surface area (Å²) in [4.78, 5) is 13.2. The first-order valence-electron chi connectivity index (χ1n) is 10.9. The predicted octanol–water partition coefficient (Wildman–Crippen LogP) is 4.54. The molecule has 0 radical (unpaired) electrons. The number of carbonyl (C=O) groups is 1. The molecule has 0 fully saturated rings. The minimum Gasteiger partial charge on any atom is -0.497 e. The van der Waals surface area contributed by atoms with Crippen LogP contribution >= 0.6 is 0 Å². The lowest BCUT2D eigenvalue weighted by molar-refractivity contribution is 0.0946. The van der Waals surface area contributed by atoms with Crippen LogP contribution in [0.1, 0.15) is 16.1 Å². The fourth-order valence-electron chi connectivity index (χ4n) is 3.66. The van der Waals surface area contributed by atoms with Gasteiger partial charge >= 0.3 is 0 Å². The molecule has 0 atom stereocenters. The van der Waals surface area contributed by atoms with Gasteiger partial charge < -0.3 is 19.5 Å². The quantitative estimate of drug-likeness (QED) is 0.400. The van der Waals surface area contributed by atoms with Gasteiger partial charge in [0.2, 0.25) is 0 Å². The highest BCUT2D eigenvalue weighted by atomic mass is 16.5. The number of carbonyl (C=O) groups excluding carboxylic acids is 1. The third-order valence-corrected chi connectivity index (χ3v) is 5.49. The van der Waals surface area contributed by atoms with Gasteiger partial charge in [0.25, 0.3) is 5.91 Å². The van der Waals surface area contributed by atoms with Crippen molar-refractivity contribution < 1.29 is 19.0 Å². The number of nitrogens with one attached hydrogen (secondary N) is 1. The van der Waals surface area contributed by atoms with E-state index in [4.69, 9.17) is 19.3 Å². The van der Waals surface area contributed by atoms with Gasteiger partial charge in [-0.05, 0) is 54.4 Å². The van der Waals surface area contributed by atoms with Crippen LogP contribution in [0.2, 0.25) is 0 Å². The van der Waals surface area contributed by atoms with Crippen LogP contribution in [-0.2, 0) is 6.42 Å². The Morgan fingerprint density at radius 3 is 2.24 bits per heavy atom. The SMILES string of the molecule is COc1ccc(-n2nc(-c3ccc(OC)cc3OC)cc2C(=O)NCCc2ccccc2)cc1. The van der Waals surface area contributed by atoms with Crippen molar-refractivity contribution in [2.45, 2.75) is 6.42 Å². The van der Waals surface area contributed by atoms with E-state index < -0.39 is 0 Å². The van der Waals surface area contributed by atoms with E-state index in [0.717, 1.165) is 29.0 Å². The second-order valence-corrected chi connectivity index (χ2v) is 7.58. The average molecular weight is 458 g/mol. The molecule has 0 bridgehead atoms. The highest BCUT2D eigenvalue weighted by Gasteiger charge is 2.20. The Bertz CT molecular complexity index is 1250. The number of benzene rings is 3. The molecule has 7 nitrogen and oxygen atoms in total. The van der Waals surface area contributed by atoms with Gasteiger partial charge in [-0.25, -0.2) is 4.68 Å². The van der Waals surface area contributed by atoms with Crippen molar-refractivity contribution in [1.82, 2.24) is 15.1 Å². The second kappa shape index (κ2) is 10.6. The lowest BCUT2D eigenvalue weighted by atomic mass is 10.1. The van der Waals surface area contributed by atoms with E-state index in [1.165, 1.54) is 0 Å². The molecule has 0 aliphatic heterocycles. The number of rotatable bonds is 9. The second-order valence-electron chi connectivity index (χ2n) is 7.58. The molecule has 0 saturated carbocycles. The van der Waals surface area contributed by atoms with Crippen LogP contribution in [0.15, 0.2) is 78.9 Å². The molecule has 0 saturated heterocycles. The largest absolute Gasteiger partial charge is 0.497 e. The normalized spacial score (nSPS) is 10.6. The van der Waals surface area contributed by atoms with Gasteiger partial charge in [0, 0.05) is 18.2 Å². The van der Waals surface area contributed by atoms with Crippen molar-refractivity contribution in [3.05, 3.63) is 90.1 Å². The number of amides is 1. The molecule has 7 heteroatoms. The Morgan fingerprint density at radius 2 is 1.56 bits per heavy atom. The zero-order valence-electron chi connectivity index (χ0n) is 19.4. The van der Waals surface area contributed by atoms with Gasteiger partial charge in [0.05, 0.1) is 32.7 Å². The van der Waals surface area contributed by atoms with E-state index in [2.05, 4.69) is 5.32 Å². The Balaban J connectivity index is 1.67. The van der Waals surface area contributed by atoms with Gasteiger partial charge in [-0.3, -0.25) is 4.79 Å². The molecule has 174 valence electrons. The van der Waals surface area contributed by atoms with E-state index >= 15 is 0 Å². The molecule has 0 aliphatic carbocycles. The van der Waals surface area contributed by atoms with Crippen LogP contribution in [0.4, 0.5) is 0 Å². The van der Waals surface area contributed by atoms with E-state index in [1.54, 1.807) is 38.1 Å². The highest BCUT2D eigenvalue weighted by Crippen LogP contribution is 2.33. The van der Waals surface area contributed by atoms with Gasteiger partial charge in [0.1, 0.15) is 22.9 Å². The predicted molar refractivity (Wildman–Crippen MR) is 131 cm³/mol. The Labute approximate surface area is 198 Å². The summed E-state index contributed by atoms with van der Waals surface area (Å²) in [5.41, 5.74) is 3.70. The summed E-state index contributed by atoms with van der Waals surface area (Å²) in [5, 5.41) is 7.77. The average Bonchev–Trinajstić information content (AvgIpc) is 3.34. The number of hydrogen-bond acceptors (Lipinski definition) is 5. The van der Waals surface area contributed by atoms with Crippen LogP contribution in [-0.4, -0.2) is 43.6 Å². The fraction of sp³-hybridized carbons (Fsp3) is 0.185. The van der Waals surface area contributed by atoms with Crippen LogP contribution in [0.3, 0.4) is 0 Å². The molecular formula is C27H27N3O4. The van der Waals surface area contributed by atoms with Gasteiger partial charge in [-0.15, -0.1) is 0 Å². The van der Waals surface area contributed by atoms with Crippen molar-refractivity contribution in [2.24, 2.45) is 0 Å². The molecule has 3 aromatic carbocycles. The summed E-state index contributed by atoms with van der Waals surface area (Å²) in [6.07, 6.45) is 0.739. The highest BCUT2D eigenvalue weighted by molar-refractivity contribution is 5.94. The summed E-state index contributed by atoms with van der Waals surface area (Å²) in [7, 11) is 4.81. The third kappa shape index (κ3) is 5.04. The summed E-state index contributed by atoms with van der Waals surface area (Å²) >= 11 is 0. The molecule has 0 spiro atoms. The third-order valence-electron chi connectivity index (χ3n) is 5.49. The Morgan fingerprint density at radius 1 is 0.853 bits per heavy atom. The maximum atomic E-state index is 13.2. The summed E-state index contributed by atoms with van der Waals surface area (Å²) < 4.78 is 17.8. The van der Waals surface area contributed by atoms with Crippen LogP contribution < -0.4 is 19.5 Å². The summed E-state index contributed by atoms with van der Waals surface area (Å²) in [5.74, 6) is 1.80. The van der Waals surface area contributed by atoms with E-state index in [-0.39, 0.29) is 5.91 Å². The molecule has 1 heterocycles. The fourth-order valence-corrected chi connectivity index (χ4v) is 3.66. The first kappa shape index (κ1) is 22.9. The standard InChI is InChI=1S/C27H27N3O4/c1-32-21-11-9-20(10-12-21)30-25(27(31)28-16-15-19-7-5-4-6-8-19)18-24(29-30)23-14-13-22(33-2)17-26(23)34-3/h4-14,17-18H,15-16H2,1-3H3,(H,28,31). The smallest absolute Gasteiger partial charge is 0.270 e. The van der Waals surface area contributed by atoms with Gasteiger partial charge in [0.15, 0.2) is 0 Å². The van der Waals surface area contributed by atoms with Crippen LogP contribution in [0.25, 0.3) is 16.9 Å². The molecule has 1 N–H and O–H groups in total. The molecular weight excluding hydrogens is 430 g/mol. The van der Waals surface area contributed by atoms with E-state index in [0.29, 0.717) is 29.4 Å². The number of nitrogens with zero attached hydrogens (tertiary/aromatic N) is 2. The monoisotopic (exact) mass is 457 g/mol. The minimum absolute atomic E-state index is 0.210. The Hall–Kier alpha value is -4.26. The molecule has 4 rings (SSSR count). The van der Waals surface area contributed by atoms with Gasteiger partial charge in [-0.1, -0.05) is 30.3 Å². The summed E-state index contributed by atoms with van der Waals surface area (Å²) in [6, 6.07) is 24.7. The topological polar surface area (TPSA) is 74.6 Å². The molecule has 0 unspecified atom stereocenters. The summed E-state index contributed by atoms with van der Waals surface area (Å²) in [6.45, 7) is 0.512. The van der Waals surface area contributed by atoms with Crippen molar-refractivity contribution in [2.75, 3.05) is 27.9 Å². The van der Waals surface area contributed by atoms with Crippen molar-refractivity contribution in [3.63, 3.8) is 0 Å². The van der Waals surface area contributed by atoms with Crippen molar-refractivity contribution >= 4 is 5.91 Å². The zero-order chi connectivity index (χ0) is 23.9. The van der Waals surface area contributed by atoms with Crippen molar-refractivity contribution in [3.8, 4) is 34.2 Å². The van der Waals surface area contributed by atoms with E-state index in [1.807, 2.05) is 66.7 Å². The molecule has 4 aromatic rings. The lowest BCUT2D eigenvalue weighted by Crippen LogP contribution is -2.27. The zero-order valence-corrected chi connectivity index (χ0v) is 19.4.